The van der Waals surface area contributed by atoms with Gasteiger partial charge in [-0.05, 0) is 36.5 Å². The third-order valence-corrected chi connectivity index (χ3v) is 3.91. The van der Waals surface area contributed by atoms with Crippen molar-refractivity contribution in [3.05, 3.63) is 0 Å². The Morgan fingerprint density at radius 1 is 1.30 bits per heavy atom. The van der Waals surface area contributed by atoms with Crippen LogP contribution in [0.1, 0.15) is 33.1 Å². The van der Waals surface area contributed by atoms with Crippen LogP contribution in [0.4, 0.5) is 0 Å². The second-order valence-electron chi connectivity index (χ2n) is 4.60. The zero-order valence-corrected chi connectivity index (χ0v) is 6.93. The lowest BCUT2D eigenvalue weighted by Crippen LogP contribution is -2.29. The molecule has 0 spiro atoms. The van der Waals surface area contributed by atoms with Crippen LogP contribution >= 0.6 is 0 Å². The number of hydrogen-bond donors (Lipinski definition) is 1. The third kappa shape index (κ3) is 0.619. The van der Waals surface area contributed by atoms with Crippen molar-refractivity contribution in [2.24, 2.45) is 23.0 Å². The van der Waals surface area contributed by atoms with E-state index in [0.29, 0.717) is 11.5 Å². The minimum Gasteiger partial charge on any atom is -0.327 e. The van der Waals surface area contributed by atoms with Crippen LogP contribution in [-0.4, -0.2) is 6.04 Å². The van der Waals surface area contributed by atoms with Gasteiger partial charge in [0.15, 0.2) is 0 Å². The van der Waals surface area contributed by atoms with Gasteiger partial charge < -0.3 is 5.73 Å². The molecule has 0 heterocycles. The van der Waals surface area contributed by atoms with Gasteiger partial charge in [-0.3, -0.25) is 0 Å². The molecule has 1 nitrogen and oxygen atoms in total. The molecule has 0 aromatic carbocycles. The first kappa shape index (κ1) is 6.66. The molecule has 2 fully saturated rings. The van der Waals surface area contributed by atoms with E-state index in [4.69, 9.17) is 5.73 Å². The molecule has 2 N–H and O–H groups in total. The molecular formula is C9H17N. The van der Waals surface area contributed by atoms with Crippen LogP contribution in [0.2, 0.25) is 0 Å². The van der Waals surface area contributed by atoms with E-state index in [1.165, 1.54) is 19.3 Å². The number of hydrogen-bond acceptors (Lipinski definition) is 1. The van der Waals surface area contributed by atoms with E-state index in [1.807, 2.05) is 0 Å². The zero-order valence-electron chi connectivity index (χ0n) is 6.93. The minimum absolute atomic E-state index is 0.522. The quantitative estimate of drug-likeness (QED) is 0.544. The molecule has 2 aliphatic carbocycles. The summed E-state index contributed by atoms with van der Waals surface area (Å²) in [6.45, 7) is 4.78. The lowest BCUT2D eigenvalue weighted by atomic mass is 9.82. The monoisotopic (exact) mass is 139 g/mol. The first-order valence-electron chi connectivity index (χ1n) is 4.38. The summed E-state index contributed by atoms with van der Waals surface area (Å²) in [7, 11) is 0. The normalized spacial score (nSPS) is 50.1. The Morgan fingerprint density at radius 3 is 2.20 bits per heavy atom. The molecule has 0 amide bonds. The average molecular weight is 139 g/mol. The van der Waals surface area contributed by atoms with Crippen molar-refractivity contribution in [3.8, 4) is 0 Å². The number of rotatable bonds is 0. The molecule has 0 aromatic heterocycles. The SMILES string of the molecule is CC1(C)C2CCC1[C@@H](N)C2. The molecule has 10 heavy (non-hydrogen) atoms. The van der Waals surface area contributed by atoms with Crippen molar-refractivity contribution in [2.75, 3.05) is 0 Å². The fourth-order valence-corrected chi connectivity index (χ4v) is 3.11. The molecule has 0 saturated heterocycles. The minimum atomic E-state index is 0.522. The molecule has 58 valence electrons. The summed E-state index contributed by atoms with van der Waals surface area (Å²) in [4.78, 5) is 0. The van der Waals surface area contributed by atoms with Crippen LogP contribution in [0.5, 0.6) is 0 Å². The predicted molar refractivity (Wildman–Crippen MR) is 42.6 cm³/mol. The molecule has 0 aliphatic heterocycles. The highest BCUT2D eigenvalue weighted by atomic mass is 14.7. The van der Waals surface area contributed by atoms with Crippen LogP contribution in [-0.2, 0) is 0 Å². The van der Waals surface area contributed by atoms with Crippen LogP contribution in [0, 0.1) is 17.3 Å². The molecule has 0 aromatic rings. The Kier molecular flexibility index (Phi) is 1.17. The Balaban J connectivity index is 2.27. The fraction of sp³-hybridized carbons (Fsp3) is 1.00. The van der Waals surface area contributed by atoms with Crippen LogP contribution < -0.4 is 5.73 Å². The van der Waals surface area contributed by atoms with E-state index in [0.717, 1.165) is 11.8 Å². The molecule has 1 heteroatoms. The molecule has 2 saturated carbocycles. The predicted octanol–water partition coefficient (Wildman–Crippen LogP) is 1.77. The topological polar surface area (TPSA) is 26.0 Å². The first-order valence-corrected chi connectivity index (χ1v) is 4.38. The van der Waals surface area contributed by atoms with Crippen LogP contribution in [0.15, 0.2) is 0 Å². The van der Waals surface area contributed by atoms with Crippen molar-refractivity contribution in [1.29, 1.82) is 0 Å². The average Bonchev–Trinajstić information content (AvgIpc) is 2.20. The van der Waals surface area contributed by atoms with Gasteiger partial charge in [-0.1, -0.05) is 13.8 Å². The fourth-order valence-electron chi connectivity index (χ4n) is 3.11. The highest BCUT2D eigenvalue weighted by Gasteiger charge is 2.51. The summed E-state index contributed by atoms with van der Waals surface area (Å²) in [6, 6.07) is 0.522. The molecule has 2 bridgehead atoms. The lowest BCUT2D eigenvalue weighted by Gasteiger charge is -2.24. The first-order chi connectivity index (χ1) is 4.62. The van der Waals surface area contributed by atoms with Gasteiger partial charge in [0.1, 0.15) is 0 Å². The van der Waals surface area contributed by atoms with Gasteiger partial charge in [-0.15, -0.1) is 0 Å². The Labute approximate surface area is 63.0 Å². The smallest absolute Gasteiger partial charge is 0.00752 e. The molecule has 3 atom stereocenters. The summed E-state index contributed by atoms with van der Waals surface area (Å²) in [5.74, 6) is 1.77. The Bertz CT molecular complexity index is 151. The summed E-state index contributed by atoms with van der Waals surface area (Å²) < 4.78 is 0. The maximum atomic E-state index is 6.00. The van der Waals surface area contributed by atoms with E-state index in [1.54, 1.807) is 0 Å². The largest absolute Gasteiger partial charge is 0.327 e. The van der Waals surface area contributed by atoms with Crippen molar-refractivity contribution >= 4 is 0 Å². The van der Waals surface area contributed by atoms with Gasteiger partial charge in [0.25, 0.3) is 0 Å². The van der Waals surface area contributed by atoms with E-state index >= 15 is 0 Å². The van der Waals surface area contributed by atoms with Crippen molar-refractivity contribution in [3.63, 3.8) is 0 Å². The second kappa shape index (κ2) is 1.76. The molecule has 2 rings (SSSR count). The van der Waals surface area contributed by atoms with Gasteiger partial charge in [-0.2, -0.15) is 0 Å². The molecule has 0 radical (unpaired) electrons. The van der Waals surface area contributed by atoms with Crippen LogP contribution in [0.25, 0.3) is 0 Å². The van der Waals surface area contributed by atoms with E-state index in [9.17, 15) is 0 Å². The van der Waals surface area contributed by atoms with E-state index in [-0.39, 0.29) is 0 Å². The van der Waals surface area contributed by atoms with Gasteiger partial charge in [0, 0.05) is 6.04 Å². The van der Waals surface area contributed by atoms with E-state index in [2.05, 4.69) is 13.8 Å². The number of nitrogens with two attached hydrogens (primary N) is 1. The third-order valence-electron chi connectivity index (χ3n) is 3.91. The summed E-state index contributed by atoms with van der Waals surface area (Å²) >= 11 is 0. The molecule has 2 aliphatic rings. The zero-order chi connectivity index (χ0) is 7.35. The summed E-state index contributed by atoms with van der Waals surface area (Å²) in [5.41, 5.74) is 6.56. The van der Waals surface area contributed by atoms with Gasteiger partial charge in [0.2, 0.25) is 0 Å². The summed E-state index contributed by atoms with van der Waals surface area (Å²) in [6.07, 6.45) is 4.11. The highest BCUT2D eigenvalue weighted by Crippen LogP contribution is 2.56. The molecular weight excluding hydrogens is 122 g/mol. The Morgan fingerprint density at radius 2 is 2.00 bits per heavy atom. The summed E-state index contributed by atoms with van der Waals surface area (Å²) in [5, 5.41) is 0. The molecule has 2 unspecified atom stereocenters. The highest BCUT2D eigenvalue weighted by molar-refractivity contribution is 5.03. The van der Waals surface area contributed by atoms with Crippen molar-refractivity contribution < 1.29 is 0 Å². The lowest BCUT2D eigenvalue weighted by molar-refractivity contribution is 0.253. The van der Waals surface area contributed by atoms with Gasteiger partial charge in [0.05, 0.1) is 0 Å². The van der Waals surface area contributed by atoms with Gasteiger partial charge in [-0.25, -0.2) is 0 Å². The second-order valence-corrected chi connectivity index (χ2v) is 4.60. The Hall–Kier alpha value is -0.0400. The maximum absolute atomic E-state index is 6.00. The standard InChI is InChI=1S/C9H17N/c1-9(2)6-3-4-7(9)8(10)5-6/h6-8H,3-5,10H2,1-2H3/t6?,7?,8-/m0/s1. The van der Waals surface area contributed by atoms with Crippen molar-refractivity contribution in [2.45, 2.75) is 39.2 Å². The van der Waals surface area contributed by atoms with Crippen molar-refractivity contribution in [1.82, 2.24) is 0 Å². The number of fused-ring (bicyclic) bond motifs is 2. The van der Waals surface area contributed by atoms with E-state index < -0.39 is 0 Å². The van der Waals surface area contributed by atoms with Gasteiger partial charge >= 0.3 is 0 Å². The van der Waals surface area contributed by atoms with Crippen LogP contribution in [0.3, 0.4) is 0 Å². The maximum Gasteiger partial charge on any atom is 0.00752 e.